The van der Waals surface area contributed by atoms with E-state index < -0.39 is 0 Å². The maximum Gasteiger partial charge on any atom is 0.122 e. The van der Waals surface area contributed by atoms with Crippen molar-refractivity contribution in [2.75, 3.05) is 6.61 Å². The molecule has 0 saturated heterocycles. The summed E-state index contributed by atoms with van der Waals surface area (Å²) in [5, 5.41) is 0. The highest BCUT2D eigenvalue weighted by Gasteiger charge is 2.01. The Morgan fingerprint density at radius 1 is 1.06 bits per heavy atom. The molecular formula is C15H17NO. The van der Waals surface area contributed by atoms with Crippen LogP contribution in [0.5, 0.6) is 5.75 Å². The van der Waals surface area contributed by atoms with E-state index in [1.165, 1.54) is 11.1 Å². The van der Waals surface area contributed by atoms with Crippen molar-refractivity contribution in [3.8, 4) is 5.75 Å². The van der Waals surface area contributed by atoms with Crippen LogP contribution in [-0.4, -0.2) is 11.6 Å². The van der Waals surface area contributed by atoms with Crippen LogP contribution in [0.25, 0.3) is 0 Å². The van der Waals surface area contributed by atoms with Gasteiger partial charge in [0.1, 0.15) is 5.75 Å². The van der Waals surface area contributed by atoms with E-state index in [0.29, 0.717) is 6.61 Å². The topological polar surface area (TPSA) is 22.1 Å². The lowest BCUT2D eigenvalue weighted by Gasteiger charge is -2.10. The number of ether oxygens (including phenoxy) is 1. The first-order chi connectivity index (χ1) is 8.27. The van der Waals surface area contributed by atoms with Crippen LogP contribution in [0.4, 0.5) is 0 Å². The van der Waals surface area contributed by atoms with Gasteiger partial charge in [-0.2, -0.15) is 0 Å². The van der Waals surface area contributed by atoms with Gasteiger partial charge in [0.15, 0.2) is 0 Å². The SMILES string of the molecule is Cc1cccc(OCCc2ccccn2)c1C. The molecule has 0 radical (unpaired) electrons. The minimum Gasteiger partial charge on any atom is -0.493 e. The second kappa shape index (κ2) is 5.48. The summed E-state index contributed by atoms with van der Waals surface area (Å²) in [7, 11) is 0. The molecule has 17 heavy (non-hydrogen) atoms. The highest BCUT2D eigenvalue weighted by molar-refractivity contribution is 5.38. The Kier molecular flexibility index (Phi) is 3.76. The van der Waals surface area contributed by atoms with Gasteiger partial charge in [-0.1, -0.05) is 18.2 Å². The molecule has 1 aromatic carbocycles. The van der Waals surface area contributed by atoms with E-state index in [1.54, 1.807) is 0 Å². The zero-order chi connectivity index (χ0) is 12.1. The summed E-state index contributed by atoms with van der Waals surface area (Å²) in [6.07, 6.45) is 2.65. The van der Waals surface area contributed by atoms with E-state index in [-0.39, 0.29) is 0 Å². The number of hydrogen-bond donors (Lipinski definition) is 0. The van der Waals surface area contributed by atoms with E-state index in [0.717, 1.165) is 17.9 Å². The van der Waals surface area contributed by atoms with Gasteiger partial charge in [-0.25, -0.2) is 0 Å². The third kappa shape index (κ3) is 3.06. The van der Waals surface area contributed by atoms with Crippen molar-refractivity contribution in [1.82, 2.24) is 4.98 Å². The van der Waals surface area contributed by atoms with Crippen LogP contribution in [-0.2, 0) is 6.42 Å². The van der Waals surface area contributed by atoms with Gasteiger partial charge < -0.3 is 4.74 Å². The lowest BCUT2D eigenvalue weighted by Crippen LogP contribution is -2.04. The van der Waals surface area contributed by atoms with Crippen LogP contribution >= 0.6 is 0 Å². The second-order valence-electron chi connectivity index (χ2n) is 4.12. The van der Waals surface area contributed by atoms with Gasteiger partial charge in [-0.05, 0) is 43.2 Å². The predicted octanol–water partition coefficient (Wildman–Crippen LogP) is 3.32. The molecule has 0 amide bonds. The molecule has 1 heterocycles. The molecule has 0 unspecified atom stereocenters. The van der Waals surface area contributed by atoms with E-state index >= 15 is 0 Å². The van der Waals surface area contributed by atoms with Gasteiger partial charge in [0, 0.05) is 18.3 Å². The lowest BCUT2D eigenvalue weighted by molar-refractivity contribution is 0.318. The summed E-state index contributed by atoms with van der Waals surface area (Å²) in [5.41, 5.74) is 3.55. The Morgan fingerprint density at radius 3 is 2.71 bits per heavy atom. The molecule has 1 aromatic heterocycles. The van der Waals surface area contributed by atoms with Gasteiger partial charge in [0.25, 0.3) is 0 Å². The molecule has 0 aliphatic heterocycles. The van der Waals surface area contributed by atoms with Crippen molar-refractivity contribution in [2.45, 2.75) is 20.3 Å². The number of hydrogen-bond acceptors (Lipinski definition) is 2. The van der Waals surface area contributed by atoms with Gasteiger partial charge in [0.2, 0.25) is 0 Å². The fraction of sp³-hybridized carbons (Fsp3) is 0.267. The van der Waals surface area contributed by atoms with Gasteiger partial charge >= 0.3 is 0 Å². The van der Waals surface area contributed by atoms with Gasteiger partial charge in [-0.15, -0.1) is 0 Å². The zero-order valence-corrected chi connectivity index (χ0v) is 10.3. The van der Waals surface area contributed by atoms with Crippen molar-refractivity contribution < 1.29 is 4.74 Å². The van der Waals surface area contributed by atoms with Crippen molar-refractivity contribution in [1.29, 1.82) is 0 Å². The monoisotopic (exact) mass is 227 g/mol. The summed E-state index contributed by atoms with van der Waals surface area (Å²) >= 11 is 0. The van der Waals surface area contributed by atoms with E-state index in [4.69, 9.17) is 4.74 Å². The molecule has 2 rings (SSSR count). The van der Waals surface area contributed by atoms with Crippen LogP contribution in [0.1, 0.15) is 16.8 Å². The Morgan fingerprint density at radius 2 is 1.94 bits per heavy atom. The molecule has 0 N–H and O–H groups in total. The molecule has 0 bridgehead atoms. The molecule has 0 saturated carbocycles. The zero-order valence-electron chi connectivity index (χ0n) is 10.3. The largest absolute Gasteiger partial charge is 0.493 e. The summed E-state index contributed by atoms with van der Waals surface area (Å²) in [6.45, 7) is 4.85. The fourth-order valence-corrected chi connectivity index (χ4v) is 1.69. The van der Waals surface area contributed by atoms with E-state index in [9.17, 15) is 0 Å². The number of aryl methyl sites for hydroxylation is 1. The third-order valence-electron chi connectivity index (χ3n) is 2.90. The first kappa shape index (κ1) is 11.6. The molecule has 88 valence electrons. The number of rotatable bonds is 4. The highest BCUT2D eigenvalue weighted by Crippen LogP contribution is 2.20. The number of aromatic nitrogens is 1. The quantitative estimate of drug-likeness (QED) is 0.799. The van der Waals surface area contributed by atoms with Crippen LogP contribution in [0.15, 0.2) is 42.6 Å². The Bertz CT molecular complexity index is 480. The summed E-state index contributed by atoms with van der Waals surface area (Å²) in [5.74, 6) is 0.973. The minimum absolute atomic E-state index is 0.668. The molecule has 2 aromatic rings. The van der Waals surface area contributed by atoms with Gasteiger partial charge in [0.05, 0.1) is 6.61 Å². The fourth-order valence-electron chi connectivity index (χ4n) is 1.69. The van der Waals surface area contributed by atoms with Crippen LogP contribution < -0.4 is 4.74 Å². The number of pyridine rings is 1. The standard InChI is InChI=1S/C15H17NO/c1-12-6-5-8-15(13(12)2)17-11-9-14-7-3-4-10-16-14/h3-8,10H,9,11H2,1-2H3. The van der Waals surface area contributed by atoms with Crippen molar-refractivity contribution in [3.63, 3.8) is 0 Å². The normalized spacial score (nSPS) is 10.2. The smallest absolute Gasteiger partial charge is 0.122 e. The maximum atomic E-state index is 5.78. The Hall–Kier alpha value is -1.83. The maximum absolute atomic E-state index is 5.78. The van der Waals surface area contributed by atoms with E-state index in [2.05, 4.69) is 24.9 Å². The second-order valence-corrected chi connectivity index (χ2v) is 4.12. The Labute approximate surface area is 102 Å². The minimum atomic E-state index is 0.668. The van der Waals surface area contributed by atoms with Crippen molar-refractivity contribution in [3.05, 3.63) is 59.4 Å². The summed E-state index contributed by atoms with van der Waals surface area (Å²) < 4.78 is 5.78. The predicted molar refractivity (Wildman–Crippen MR) is 69.4 cm³/mol. The molecule has 2 heteroatoms. The molecular weight excluding hydrogens is 210 g/mol. The van der Waals surface area contributed by atoms with E-state index in [1.807, 2.05) is 36.5 Å². The average Bonchev–Trinajstić information content (AvgIpc) is 2.36. The molecule has 0 fully saturated rings. The summed E-state index contributed by atoms with van der Waals surface area (Å²) in [4.78, 5) is 4.27. The highest BCUT2D eigenvalue weighted by atomic mass is 16.5. The molecule has 2 nitrogen and oxygen atoms in total. The number of benzene rings is 1. The van der Waals surface area contributed by atoms with Crippen molar-refractivity contribution >= 4 is 0 Å². The number of nitrogens with zero attached hydrogens (tertiary/aromatic N) is 1. The van der Waals surface area contributed by atoms with Crippen LogP contribution in [0.3, 0.4) is 0 Å². The van der Waals surface area contributed by atoms with Gasteiger partial charge in [-0.3, -0.25) is 4.98 Å². The van der Waals surface area contributed by atoms with Crippen molar-refractivity contribution in [2.24, 2.45) is 0 Å². The molecule has 0 atom stereocenters. The first-order valence-corrected chi connectivity index (χ1v) is 5.86. The first-order valence-electron chi connectivity index (χ1n) is 5.86. The molecule has 0 aliphatic rings. The molecule has 0 aliphatic carbocycles. The lowest BCUT2D eigenvalue weighted by atomic mass is 10.1. The van der Waals surface area contributed by atoms with Crippen LogP contribution in [0.2, 0.25) is 0 Å². The Balaban J connectivity index is 1.93. The molecule has 0 spiro atoms. The third-order valence-corrected chi connectivity index (χ3v) is 2.90. The summed E-state index contributed by atoms with van der Waals surface area (Å²) in [6, 6.07) is 12.1. The van der Waals surface area contributed by atoms with Crippen LogP contribution in [0, 0.1) is 13.8 Å². The average molecular weight is 227 g/mol.